The molecule has 24 heavy (non-hydrogen) atoms. The van der Waals surface area contributed by atoms with E-state index in [4.69, 9.17) is 0 Å². The summed E-state index contributed by atoms with van der Waals surface area (Å²) in [7, 11) is 2.84. The van der Waals surface area contributed by atoms with E-state index in [0.717, 1.165) is 17.4 Å². The quantitative estimate of drug-likeness (QED) is 0.718. The van der Waals surface area contributed by atoms with Crippen molar-refractivity contribution in [3.05, 3.63) is 36.8 Å². The Bertz CT molecular complexity index is 1150. The van der Waals surface area contributed by atoms with Gasteiger partial charge >= 0.3 is 5.69 Å². The molecule has 0 spiro atoms. The molecule has 0 fully saturated rings. The van der Waals surface area contributed by atoms with Crippen LogP contribution in [0.2, 0.25) is 0 Å². The lowest BCUT2D eigenvalue weighted by molar-refractivity contribution is 0.403. The predicted octanol–water partition coefficient (Wildman–Crippen LogP) is -0.139. The number of aryl methyl sites for hydroxylation is 2. The summed E-state index contributed by atoms with van der Waals surface area (Å²) < 4.78 is 4.85. The topological polar surface area (TPSA) is 104 Å². The molecule has 0 saturated heterocycles. The molecular formula is C15H19N5O4. The number of fused-ring (bicyclic) bond motifs is 3. The van der Waals surface area contributed by atoms with Crippen LogP contribution >= 0.6 is 0 Å². The summed E-state index contributed by atoms with van der Waals surface area (Å²) in [6.07, 6.45) is 1.66. The number of nitrogens with zero attached hydrogens (tertiary/aromatic N) is 5. The van der Waals surface area contributed by atoms with Gasteiger partial charge in [0.25, 0.3) is 11.1 Å². The molecule has 0 bridgehead atoms. The summed E-state index contributed by atoms with van der Waals surface area (Å²) in [5, 5.41) is 10.3. The van der Waals surface area contributed by atoms with Crippen LogP contribution in [0.1, 0.15) is 25.3 Å². The standard InChI is InChI=1S/C15H19N5O4/c1-5-6-7-19-11(21)8(2)12(22)20-9-10(16-14(19)20)17(3)15(24)18(4)13(9)23/h21H,5-7H2,1-4H3. The van der Waals surface area contributed by atoms with Crippen molar-refractivity contribution in [1.82, 2.24) is 23.1 Å². The Morgan fingerprint density at radius 3 is 2.38 bits per heavy atom. The number of unbranched alkanes of at least 4 members (excludes halogenated alkanes) is 1. The van der Waals surface area contributed by atoms with E-state index in [-0.39, 0.29) is 28.4 Å². The number of rotatable bonds is 3. The molecule has 0 atom stereocenters. The third-order valence-corrected chi connectivity index (χ3v) is 4.33. The van der Waals surface area contributed by atoms with Gasteiger partial charge in [-0.3, -0.25) is 23.3 Å². The van der Waals surface area contributed by atoms with Gasteiger partial charge in [0.2, 0.25) is 11.7 Å². The molecule has 0 aliphatic rings. The predicted molar refractivity (Wildman–Crippen MR) is 88.7 cm³/mol. The zero-order valence-electron chi connectivity index (χ0n) is 14.0. The minimum atomic E-state index is -0.593. The van der Waals surface area contributed by atoms with Gasteiger partial charge in [0.05, 0.1) is 5.56 Å². The lowest BCUT2D eigenvalue weighted by Gasteiger charge is -2.12. The first-order valence-electron chi connectivity index (χ1n) is 7.71. The van der Waals surface area contributed by atoms with Crippen molar-refractivity contribution >= 4 is 16.9 Å². The van der Waals surface area contributed by atoms with Gasteiger partial charge in [-0.15, -0.1) is 0 Å². The average Bonchev–Trinajstić information content (AvgIpc) is 2.96. The van der Waals surface area contributed by atoms with Crippen molar-refractivity contribution in [2.24, 2.45) is 14.1 Å². The first-order chi connectivity index (χ1) is 11.3. The lowest BCUT2D eigenvalue weighted by atomic mass is 10.3. The first kappa shape index (κ1) is 16.0. The van der Waals surface area contributed by atoms with Crippen molar-refractivity contribution in [1.29, 1.82) is 0 Å². The molecule has 3 aromatic heterocycles. The Hall–Kier alpha value is -2.84. The maximum absolute atomic E-state index is 12.6. The van der Waals surface area contributed by atoms with E-state index in [1.54, 1.807) is 0 Å². The molecule has 3 heterocycles. The fourth-order valence-electron chi connectivity index (χ4n) is 2.84. The minimum Gasteiger partial charge on any atom is -0.494 e. The Morgan fingerprint density at radius 1 is 1.08 bits per heavy atom. The summed E-state index contributed by atoms with van der Waals surface area (Å²) >= 11 is 0. The molecule has 0 saturated carbocycles. The van der Waals surface area contributed by atoms with Crippen LogP contribution in [0.3, 0.4) is 0 Å². The van der Waals surface area contributed by atoms with Crippen molar-refractivity contribution in [2.45, 2.75) is 33.2 Å². The van der Waals surface area contributed by atoms with Gasteiger partial charge in [-0.1, -0.05) is 13.3 Å². The molecule has 1 N–H and O–H groups in total. The number of hydrogen-bond donors (Lipinski definition) is 1. The largest absolute Gasteiger partial charge is 0.494 e. The third kappa shape index (κ3) is 1.93. The molecule has 3 aromatic rings. The van der Waals surface area contributed by atoms with Gasteiger partial charge in [-0.05, 0) is 13.3 Å². The number of aromatic nitrogens is 5. The second kappa shape index (κ2) is 5.36. The summed E-state index contributed by atoms with van der Waals surface area (Å²) in [4.78, 5) is 41.6. The van der Waals surface area contributed by atoms with E-state index in [0.29, 0.717) is 6.54 Å². The molecule has 3 rings (SSSR count). The molecule has 0 radical (unpaired) electrons. The van der Waals surface area contributed by atoms with Crippen LogP contribution in [0.15, 0.2) is 14.4 Å². The highest BCUT2D eigenvalue weighted by atomic mass is 16.3. The van der Waals surface area contributed by atoms with Crippen LogP contribution in [0.5, 0.6) is 5.88 Å². The maximum Gasteiger partial charge on any atom is 0.332 e. The monoisotopic (exact) mass is 333 g/mol. The van der Waals surface area contributed by atoms with Gasteiger partial charge in [0.15, 0.2) is 11.2 Å². The van der Waals surface area contributed by atoms with Gasteiger partial charge in [-0.25, -0.2) is 9.20 Å². The molecule has 9 heteroatoms. The highest BCUT2D eigenvalue weighted by Gasteiger charge is 2.22. The Morgan fingerprint density at radius 2 is 1.75 bits per heavy atom. The van der Waals surface area contributed by atoms with E-state index >= 15 is 0 Å². The summed E-state index contributed by atoms with van der Waals surface area (Å²) in [6.45, 7) is 3.95. The lowest BCUT2D eigenvalue weighted by Crippen LogP contribution is -2.38. The first-order valence-corrected chi connectivity index (χ1v) is 7.71. The zero-order chi connectivity index (χ0) is 17.8. The number of aromatic hydroxyl groups is 1. The van der Waals surface area contributed by atoms with E-state index < -0.39 is 16.8 Å². The van der Waals surface area contributed by atoms with E-state index in [2.05, 4.69) is 4.98 Å². The molecule has 0 aliphatic heterocycles. The molecule has 0 amide bonds. The molecular weight excluding hydrogens is 314 g/mol. The second-order valence-corrected chi connectivity index (χ2v) is 5.88. The van der Waals surface area contributed by atoms with Crippen molar-refractivity contribution < 1.29 is 5.11 Å². The highest BCUT2D eigenvalue weighted by Crippen LogP contribution is 2.19. The third-order valence-electron chi connectivity index (χ3n) is 4.33. The van der Waals surface area contributed by atoms with Gasteiger partial charge in [-0.2, -0.15) is 4.98 Å². The molecule has 0 aromatic carbocycles. The average molecular weight is 333 g/mol. The second-order valence-electron chi connectivity index (χ2n) is 5.88. The summed E-state index contributed by atoms with van der Waals surface area (Å²) in [5.74, 6) is -0.0112. The Kier molecular flexibility index (Phi) is 3.58. The Balaban J connectivity index is 2.65. The van der Waals surface area contributed by atoms with Crippen LogP contribution in [0, 0.1) is 6.92 Å². The van der Waals surface area contributed by atoms with Gasteiger partial charge in [0, 0.05) is 20.6 Å². The van der Waals surface area contributed by atoms with E-state index in [1.165, 1.54) is 34.6 Å². The SMILES string of the molecule is CCCCn1c(O)c(C)c(=O)n2c3c(=O)n(C)c(=O)n(C)c3nc12. The van der Waals surface area contributed by atoms with Gasteiger partial charge in [0.1, 0.15) is 0 Å². The summed E-state index contributed by atoms with van der Waals surface area (Å²) in [5.41, 5.74) is -1.35. The molecule has 128 valence electrons. The molecule has 0 aliphatic carbocycles. The summed E-state index contributed by atoms with van der Waals surface area (Å²) in [6, 6.07) is 0. The maximum atomic E-state index is 12.6. The fourth-order valence-corrected chi connectivity index (χ4v) is 2.84. The van der Waals surface area contributed by atoms with E-state index in [1.807, 2.05) is 6.92 Å². The van der Waals surface area contributed by atoms with Crippen LogP contribution in [-0.2, 0) is 20.6 Å². The zero-order valence-corrected chi connectivity index (χ0v) is 14.0. The fraction of sp³-hybridized carbons (Fsp3) is 0.467. The Labute approximate surface area is 136 Å². The van der Waals surface area contributed by atoms with Crippen LogP contribution < -0.4 is 16.8 Å². The number of imidazole rings is 1. The molecule has 9 nitrogen and oxygen atoms in total. The van der Waals surface area contributed by atoms with Crippen LogP contribution in [0.4, 0.5) is 0 Å². The smallest absolute Gasteiger partial charge is 0.332 e. The van der Waals surface area contributed by atoms with Crippen molar-refractivity contribution in [3.8, 4) is 5.88 Å². The number of hydrogen-bond acceptors (Lipinski definition) is 5. The minimum absolute atomic E-state index is 0.0351. The highest BCUT2D eigenvalue weighted by molar-refractivity contribution is 5.75. The van der Waals surface area contributed by atoms with E-state index in [9.17, 15) is 19.5 Å². The van der Waals surface area contributed by atoms with Crippen molar-refractivity contribution in [3.63, 3.8) is 0 Å². The molecule has 0 unspecified atom stereocenters. The van der Waals surface area contributed by atoms with Crippen LogP contribution in [-0.4, -0.2) is 28.2 Å². The van der Waals surface area contributed by atoms with Gasteiger partial charge < -0.3 is 5.11 Å². The van der Waals surface area contributed by atoms with Crippen LogP contribution in [0.25, 0.3) is 16.9 Å². The normalized spacial score (nSPS) is 11.7. The van der Waals surface area contributed by atoms with Crippen molar-refractivity contribution in [2.75, 3.05) is 0 Å².